The van der Waals surface area contributed by atoms with Crippen LogP contribution >= 0.6 is 0 Å². The maximum absolute atomic E-state index is 5.30. The van der Waals surface area contributed by atoms with Gasteiger partial charge in [-0.3, -0.25) is 0 Å². The van der Waals surface area contributed by atoms with Crippen LogP contribution in [0.1, 0.15) is 16.7 Å². The lowest BCUT2D eigenvalue weighted by atomic mass is 10.0. The van der Waals surface area contributed by atoms with Crippen molar-refractivity contribution in [2.45, 2.75) is 20.8 Å². The highest BCUT2D eigenvalue weighted by atomic mass is 127. The molecule has 0 atom stereocenters. The summed E-state index contributed by atoms with van der Waals surface area (Å²) < 4.78 is 10.6. The van der Waals surface area contributed by atoms with Gasteiger partial charge in [-0.05, 0) is 43.5 Å². The first-order valence-electron chi connectivity index (χ1n) is 4.30. The summed E-state index contributed by atoms with van der Waals surface area (Å²) in [6.07, 6.45) is 0. The molecule has 0 aromatic heterocycles. The number of hydrogen-bond donors (Lipinski definition) is 0. The predicted octanol–water partition coefficient (Wildman–Crippen LogP) is -0.367. The summed E-state index contributed by atoms with van der Waals surface area (Å²) in [5, 5.41) is 0. The molecule has 3 heteroatoms. The van der Waals surface area contributed by atoms with Crippen LogP contribution in [0.4, 0.5) is 0 Å². The zero-order chi connectivity index (χ0) is 10.0. The van der Waals surface area contributed by atoms with E-state index in [0.717, 1.165) is 28.2 Å². The molecule has 0 aliphatic rings. The van der Waals surface area contributed by atoms with Crippen molar-refractivity contribution in [3.63, 3.8) is 0 Å². The van der Waals surface area contributed by atoms with E-state index < -0.39 is 0 Å². The van der Waals surface area contributed by atoms with Gasteiger partial charge in [0.2, 0.25) is 0 Å². The second kappa shape index (κ2) is 5.44. The number of aryl methyl sites for hydroxylation is 1. The zero-order valence-electron chi connectivity index (χ0n) is 9.27. The van der Waals surface area contributed by atoms with Gasteiger partial charge in [0.15, 0.2) is 0 Å². The zero-order valence-corrected chi connectivity index (χ0v) is 11.4. The molecule has 0 aliphatic heterocycles. The summed E-state index contributed by atoms with van der Waals surface area (Å²) >= 11 is 0. The molecule has 1 rings (SSSR count). The van der Waals surface area contributed by atoms with Gasteiger partial charge in [-0.15, -0.1) is 0 Å². The van der Waals surface area contributed by atoms with Crippen molar-refractivity contribution in [3.8, 4) is 11.5 Å². The Hall–Kier alpha value is -0.450. The first-order valence-corrected chi connectivity index (χ1v) is 4.30. The van der Waals surface area contributed by atoms with E-state index in [2.05, 4.69) is 0 Å². The van der Waals surface area contributed by atoms with E-state index in [1.807, 2.05) is 26.8 Å². The lowest BCUT2D eigenvalue weighted by Crippen LogP contribution is -3.00. The van der Waals surface area contributed by atoms with Gasteiger partial charge < -0.3 is 33.5 Å². The summed E-state index contributed by atoms with van der Waals surface area (Å²) in [7, 11) is 3.38. The fraction of sp³-hybridized carbons (Fsp3) is 0.455. The molecular weight excluding hydrogens is 291 g/mol. The highest BCUT2D eigenvalue weighted by Crippen LogP contribution is 2.32. The smallest absolute Gasteiger partial charge is 0.125 e. The molecule has 0 amide bonds. The minimum atomic E-state index is 0. The summed E-state index contributed by atoms with van der Waals surface area (Å²) in [6, 6.07) is 2.00. The van der Waals surface area contributed by atoms with E-state index >= 15 is 0 Å². The molecule has 0 bridgehead atoms. The third-order valence-corrected chi connectivity index (χ3v) is 2.40. The van der Waals surface area contributed by atoms with Crippen molar-refractivity contribution in [2.24, 2.45) is 0 Å². The maximum Gasteiger partial charge on any atom is 0.125 e. The fourth-order valence-electron chi connectivity index (χ4n) is 1.55. The minimum absolute atomic E-state index is 0. The fourth-order valence-corrected chi connectivity index (χ4v) is 1.55. The highest BCUT2D eigenvalue weighted by molar-refractivity contribution is 5.51. The van der Waals surface area contributed by atoms with Crippen molar-refractivity contribution >= 4 is 0 Å². The average Bonchev–Trinajstić information content (AvgIpc) is 2.12. The van der Waals surface area contributed by atoms with Gasteiger partial charge in [0.1, 0.15) is 11.5 Å². The second-order valence-electron chi connectivity index (χ2n) is 3.18. The van der Waals surface area contributed by atoms with Crippen LogP contribution in [0.3, 0.4) is 0 Å². The Morgan fingerprint density at radius 2 is 1.50 bits per heavy atom. The molecule has 0 aliphatic carbocycles. The number of hydrogen-bond acceptors (Lipinski definition) is 2. The van der Waals surface area contributed by atoms with Gasteiger partial charge in [0.05, 0.1) is 14.2 Å². The molecule has 0 radical (unpaired) electrons. The van der Waals surface area contributed by atoms with E-state index in [1.165, 1.54) is 0 Å². The van der Waals surface area contributed by atoms with E-state index in [9.17, 15) is 0 Å². The minimum Gasteiger partial charge on any atom is -1.00 e. The van der Waals surface area contributed by atoms with Crippen molar-refractivity contribution < 1.29 is 33.5 Å². The Kier molecular flexibility index (Phi) is 5.26. The lowest BCUT2D eigenvalue weighted by molar-refractivity contribution is -0.00000345. The number of methoxy groups -OCH3 is 2. The largest absolute Gasteiger partial charge is 1.00 e. The van der Waals surface area contributed by atoms with Crippen LogP contribution in [0, 0.1) is 20.8 Å². The molecule has 0 saturated heterocycles. The monoisotopic (exact) mass is 307 g/mol. The summed E-state index contributed by atoms with van der Waals surface area (Å²) in [4.78, 5) is 0. The Morgan fingerprint density at radius 3 is 1.93 bits per heavy atom. The third kappa shape index (κ3) is 2.32. The quantitative estimate of drug-likeness (QED) is 0.695. The second-order valence-corrected chi connectivity index (χ2v) is 3.18. The Balaban J connectivity index is 0.00000169. The van der Waals surface area contributed by atoms with Crippen molar-refractivity contribution in [1.29, 1.82) is 0 Å². The SMILES string of the molecule is COc1cc(C)c(OC)c(C)c1C.[I-]. The molecule has 0 N–H and O–H groups in total. The number of benzene rings is 1. The normalized spacial score (nSPS) is 9.21. The van der Waals surface area contributed by atoms with Crippen LogP contribution in [-0.4, -0.2) is 14.2 Å². The molecule has 0 heterocycles. The number of halogens is 1. The van der Waals surface area contributed by atoms with E-state index in [1.54, 1.807) is 14.2 Å². The summed E-state index contributed by atoms with van der Waals surface area (Å²) in [5.74, 6) is 1.88. The van der Waals surface area contributed by atoms with Crippen molar-refractivity contribution in [1.82, 2.24) is 0 Å². The maximum atomic E-state index is 5.30. The third-order valence-electron chi connectivity index (χ3n) is 2.40. The molecule has 0 saturated carbocycles. The molecule has 0 unspecified atom stereocenters. The van der Waals surface area contributed by atoms with E-state index in [-0.39, 0.29) is 24.0 Å². The van der Waals surface area contributed by atoms with Crippen molar-refractivity contribution in [2.75, 3.05) is 14.2 Å². The van der Waals surface area contributed by atoms with E-state index in [0.29, 0.717) is 0 Å². The Morgan fingerprint density at radius 1 is 0.929 bits per heavy atom. The van der Waals surface area contributed by atoms with Gasteiger partial charge >= 0.3 is 0 Å². The predicted molar refractivity (Wildman–Crippen MR) is 53.8 cm³/mol. The summed E-state index contributed by atoms with van der Waals surface area (Å²) in [6.45, 7) is 6.10. The van der Waals surface area contributed by atoms with Crippen LogP contribution in [0.25, 0.3) is 0 Å². The molecule has 2 nitrogen and oxygen atoms in total. The number of ether oxygens (including phenoxy) is 2. The molecule has 1 aromatic carbocycles. The van der Waals surface area contributed by atoms with Crippen LogP contribution in [-0.2, 0) is 0 Å². The first kappa shape index (κ1) is 13.5. The average molecular weight is 307 g/mol. The molecule has 0 fully saturated rings. The van der Waals surface area contributed by atoms with Gasteiger partial charge in [-0.25, -0.2) is 0 Å². The van der Waals surface area contributed by atoms with Crippen LogP contribution in [0.2, 0.25) is 0 Å². The van der Waals surface area contributed by atoms with Crippen LogP contribution in [0.15, 0.2) is 6.07 Å². The van der Waals surface area contributed by atoms with E-state index in [4.69, 9.17) is 9.47 Å². The van der Waals surface area contributed by atoms with Gasteiger partial charge in [-0.1, -0.05) is 0 Å². The van der Waals surface area contributed by atoms with Crippen molar-refractivity contribution in [3.05, 3.63) is 22.8 Å². The van der Waals surface area contributed by atoms with Crippen LogP contribution < -0.4 is 33.5 Å². The Labute approximate surface area is 103 Å². The molecule has 14 heavy (non-hydrogen) atoms. The Bertz CT molecular complexity index is 322. The van der Waals surface area contributed by atoms with Gasteiger partial charge in [-0.2, -0.15) is 0 Å². The summed E-state index contributed by atoms with van der Waals surface area (Å²) in [5.41, 5.74) is 3.41. The lowest BCUT2D eigenvalue weighted by Gasteiger charge is -2.14. The van der Waals surface area contributed by atoms with Crippen LogP contribution in [0.5, 0.6) is 11.5 Å². The molecule has 80 valence electrons. The standard InChI is InChI=1S/C11H16O2.HI/c1-7-6-10(12-4)8(2)9(3)11(7)13-5;/h6H,1-5H3;1H/p-1. The highest BCUT2D eigenvalue weighted by Gasteiger charge is 2.10. The molecular formula is C11H16IO2-. The molecule has 0 spiro atoms. The molecule has 1 aromatic rings. The van der Waals surface area contributed by atoms with Gasteiger partial charge in [0.25, 0.3) is 0 Å². The first-order chi connectivity index (χ1) is 6.11. The topological polar surface area (TPSA) is 18.5 Å². The van der Waals surface area contributed by atoms with Gasteiger partial charge in [0, 0.05) is 0 Å². The number of rotatable bonds is 2.